The van der Waals surface area contributed by atoms with Crippen LogP contribution in [0, 0.1) is 11.8 Å². The number of aliphatic carboxylic acids is 1. The Balaban J connectivity index is 2.58. The molecule has 0 unspecified atom stereocenters. The highest BCUT2D eigenvalue weighted by Gasteiger charge is 2.35. The van der Waals surface area contributed by atoms with E-state index in [1.54, 1.807) is 27.7 Å². The van der Waals surface area contributed by atoms with Crippen molar-refractivity contribution in [1.82, 2.24) is 4.90 Å². The lowest BCUT2D eigenvalue weighted by atomic mass is 9.99. The Morgan fingerprint density at radius 2 is 1.88 bits per heavy atom. The molecule has 0 aromatic heterocycles. The van der Waals surface area contributed by atoms with Crippen molar-refractivity contribution in [2.45, 2.75) is 33.3 Å². The number of nitrogens with zero attached hydrogens (tertiary/aromatic N) is 1. The van der Waals surface area contributed by atoms with Crippen molar-refractivity contribution in [2.24, 2.45) is 11.8 Å². The van der Waals surface area contributed by atoms with Crippen LogP contribution < -0.4 is 5.11 Å². The Kier molecular flexibility index (Phi) is 3.45. The normalized spacial score (nSPS) is 25.6. The molecule has 1 aliphatic rings. The molecule has 1 saturated heterocycles. The molecule has 0 bridgehead atoms. The van der Waals surface area contributed by atoms with Gasteiger partial charge in [-0.25, -0.2) is 4.79 Å². The van der Waals surface area contributed by atoms with Crippen LogP contribution in [0.4, 0.5) is 4.79 Å². The number of rotatable bonds is 1. The van der Waals surface area contributed by atoms with Crippen LogP contribution in [0.5, 0.6) is 0 Å². The second kappa shape index (κ2) is 4.31. The van der Waals surface area contributed by atoms with E-state index in [0.717, 1.165) is 0 Å². The van der Waals surface area contributed by atoms with Crippen LogP contribution in [0.2, 0.25) is 0 Å². The van der Waals surface area contributed by atoms with E-state index in [-0.39, 0.29) is 12.5 Å². The fourth-order valence-corrected chi connectivity index (χ4v) is 1.75. The monoisotopic (exact) mass is 228 g/mol. The average molecular weight is 228 g/mol. The van der Waals surface area contributed by atoms with E-state index in [4.69, 9.17) is 4.74 Å². The molecule has 0 spiro atoms. The molecule has 1 heterocycles. The zero-order valence-corrected chi connectivity index (χ0v) is 10.1. The molecular formula is C11H18NO4-. The lowest BCUT2D eigenvalue weighted by Crippen LogP contribution is -2.38. The number of carboxylic acid groups (broad SMARTS) is 1. The zero-order valence-electron chi connectivity index (χ0n) is 10.1. The molecule has 0 radical (unpaired) electrons. The first-order chi connectivity index (χ1) is 7.20. The largest absolute Gasteiger partial charge is 0.550 e. The maximum absolute atomic E-state index is 11.7. The second-order valence-electron chi connectivity index (χ2n) is 5.29. The van der Waals surface area contributed by atoms with Gasteiger partial charge in [-0.1, -0.05) is 6.92 Å². The van der Waals surface area contributed by atoms with Gasteiger partial charge in [0.1, 0.15) is 5.60 Å². The first kappa shape index (κ1) is 12.8. The molecule has 16 heavy (non-hydrogen) atoms. The third kappa shape index (κ3) is 3.12. The predicted molar refractivity (Wildman–Crippen MR) is 55.5 cm³/mol. The van der Waals surface area contributed by atoms with E-state index in [1.807, 2.05) is 0 Å². The van der Waals surface area contributed by atoms with Gasteiger partial charge in [0, 0.05) is 25.0 Å². The Labute approximate surface area is 95.4 Å². The molecule has 5 nitrogen and oxygen atoms in total. The van der Waals surface area contributed by atoms with Gasteiger partial charge in [0.05, 0.1) is 0 Å². The minimum absolute atomic E-state index is 0.0856. The van der Waals surface area contributed by atoms with Gasteiger partial charge in [0.25, 0.3) is 0 Å². The summed E-state index contributed by atoms with van der Waals surface area (Å²) in [7, 11) is 0. The van der Waals surface area contributed by atoms with Crippen molar-refractivity contribution in [2.75, 3.05) is 13.1 Å². The fraction of sp³-hybridized carbons (Fsp3) is 0.818. The third-order valence-corrected chi connectivity index (χ3v) is 2.57. The van der Waals surface area contributed by atoms with Gasteiger partial charge in [-0.15, -0.1) is 0 Å². The lowest BCUT2D eigenvalue weighted by Gasteiger charge is -2.24. The van der Waals surface area contributed by atoms with Gasteiger partial charge < -0.3 is 19.5 Å². The van der Waals surface area contributed by atoms with Crippen LogP contribution in [-0.4, -0.2) is 35.7 Å². The number of hydrogen-bond donors (Lipinski definition) is 0. The molecule has 0 N–H and O–H groups in total. The molecule has 5 heteroatoms. The zero-order chi connectivity index (χ0) is 12.5. The third-order valence-electron chi connectivity index (χ3n) is 2.57. The summed E-state index contributed by atoms with van der Waals surface area (Å²) in [4.78, 5) is 23.9. The van der Waals surface area contributed by atoms with Crippen molar-refractivity contribution in [1.29, 1.82) is 0 Å². The van der Waals surface area contributed by atoms with Crippen LogP contribution in [0.3, 0.4) is 0 Å². The maximum Gasteiger partial charge on any atom is 0.410 e. The minimum atomic E-state index is -1.10. The summed E-state index contributed by atoms with van der Waals surface area (Å²) >= 11 is 0. The number of likely N-dealkylation sites (tertiary alicyclic amines) is 1. The predicted octanol–water partition coefficient (Wildman–Crippen LogP) is 0.239. The SMILES string of the molecule is C[C@H]1CN(C(=O)OC(C)(C)C)C[C@@H]1C(=O)[O-]. The topological polar surface area (TPSA) is 69.7 Å². The van der Waals surface area contributed by atoms with E-state index in [0.29, 0.717) is 6.54 Å². The van der Waals surface area contributed by atoms with E-state index in [1.165, 1.54) is 4.90 Å². The quantitative estimate of drug-likeness (QED) is 0.644. The van der Waals surface area contributed by atoms with Gasteiger partial charge in [-0.2, -0.15) is 0 Å². The van der Waals surface area contributed by atoms with Gasteiger partial charge in [0.2, 0.25) is 0 Å². The summed E-state index contributed by atoms with van der Waals surface area (Å²) in [5.41, 5.74) is -0.556. The van der Waals surface area contributed by atoms with Gasteiger partial charge in [-0.05, 0) is 26.7 Å². The first-order valence-corrected chi connectivity index (χ1v) is 5.39. The van der Waals surface area contributed by atoms with Crippen molar-refractivity contribution in [3.63, 3.8) is 0 Å². The molecule has 0 saturated carbocycles. The summed E-state index contributed by atoms with van der Waals surface area (Å²) in [5, 5.41) is 10.8. The highest BCUT2D eigenvalue weighted by atomic mass is 16.6. The van der Waals surface area contributed by atoms with Crippen LogP contribution in [-0.2, 0) is 9.53 Å². The average Bonchev–Trinajstić information content (AvgIpc) is 2.44. The Morgan fingerprint density at radius 3 is 2.25 bits per heavy atom. The molecule has 1 amide bonds. The van der Waals surface area contributed by atoms with E-state index in [9.17, 15) is 14.7 Å². The molecule has 0 aliphatic carbocycles. The molecule has 0 aromatic carbocycles. The molecule has 1 aliphatic heterocycles. The molecule has 2 atom stereocenters. The summed E-state index contributed by atoms with van der Waals surface area (Å²) < 4.78 is 5.17. The molecule has 1 fully saturated rings. The summed E-state index contributed by atoms with van der Waals surface area (Å²) in [6.07, 6.45) is -0.455. The maximum atomic E-state index is 11.7. The summed E-state index contributed by atoms with van der Waals surface area (Å²) in [6, 6.07) is 0. The highest BCUT2D eigenvalue weighted by Crippen LogP contribution is 2.24. The van der Waals surface area contributed by atoms with Gasteiger partial charge in [-0.3, -0.25) is 0 Å². The molecule has 0 aromatic rings. The highest BCUT2D eigenvalue weighted by molar-refractivity contribution is 5.73. The smallest absolute Gasteiger partial charge is 0.410 e. The van der Waals surface area contributed by atoms with Crippen LogP contribution in [0.15, 0.2) is 0 Å². The Morgan fingerprint density at radius 1 is 1.31 bits per heavy atom. The molecule has 1 rings (SSSR count). The van der Waals surface area contributed by atoms with E-state index >= 15 is 0 Å². The number of amides is 1. The lowest BCUT2D eigenvalue weighted by molar-refractivity contribution is -0.312. The van der Waals surface area contributed by atoms with Gasteiger partial charge >= 0.3 is 6.09 Å². The number of ether oxygens (including phenoxy) is 1. The number of carboxylic acids is 1. The van der Waals surface area contributed by atoms with Gasteiger partial charge in [0.15, 0.2) is 0 Å². The van der Waals surface area contributed by atoms with E-state index in [2.05, 4.69) is 0 Å². The summed E-state index contributed by atoms with van der Waals surface area (Å²) in [5.74, 6) is -1.77. The van der Waals surface area contributed by atoms with Crippen molar-refractivity contribution >= 4 is 12.1 Å². The molecule has 92 valence electrons. The Hall–Kier alpha value is -1.26. The standard InChI is InChI=1S/C11H19NO4/c1-7-5-12(6-8(7)9(13)14)10(15)16-11(2,3)4/h7-8H,5-6H2,1-4H3,(H,13,14)/p-1/t7-,8-/m0/s1. The van der Waals surface area contributed by atoms with Crippen LogP contribution in [0.1, 0.15) is 27.7 Å². The van der Waals surface area contributed by atoms with E-state index < -0.39 is 23.6 Å². The number of carbonyl (C=O) groups is 2. The first-order valence-electron chi connectivity index (χ1n) is 5.39. The van der Waals surface area contributed by atoms with Crippen molar-refractivity contribution in [3.8, 4) is 0 Å². The number of hydrogen-bond acceptors (Lipinski definition) is 4. The summed E-state index contributed by atoms with van der Waals surface area (Å²) in [6.45, 7) is 7.72. The Bertz CT molecular complexity index is 295. The second-order valence-corrected chi connectivity index (χ2v) is 5.29. The number of carbonyl (C=O) groups excluding carboxylic acids is 2. The minimum Gasteiger partial charge on any atom is -0.550 e. The van der Waals surface area contributed by atoms with Crippen LogP contribution in [0.25, 0.3) is 0 Å². The van der Waals surface area contributed by atoms with Crippen molar-refractivity contribution in [3.05, 3.63) is 0 Å². The fourth-order valence-electron chi connectivity index (χ4n) is 1.75. The van der Waals surface area contributed by atoms with Crippen molar-refractivity contribution < 1.29 is 19.4 Å². The van der Waals surface area contributed by atoms with Crippen LogP contribution >= 0.6 is 0 Å². The molecular weight excluding hydrogens is 210 g/mol.